The summed E-state index contributed by atoms with van der Waals surface area (Å²) in [7, 11) is -3.64. The van der Waals surface area contributed by atoms with Gasteiger partial charge in [0.05, 0.1) is 23.3 Å². The van der Waals surface area contributed by atoms with Crippen LogP contribution in [0.2, 0.25) is 0 Å². The lowest BCUT2D eigenvalue weighted by Gasteiger charge is -2.28. The monoisotopic (exact) mass is 408 g/mol. The van der Waals surface area contributed by atoms with Crippen molar-refractivity contribution in [1.29, 1.82) is 5.26 Å². The summed E-state index contributed by atoms with van der Waals surface area (Å²) >= 11 is 0. The van der Waals surface area contributed by atoms with E-state index < -0.39 is 33.5 Å². The Hall–Kier alpha value is -2.48. The maximum absolute atomic E-state index is 12.6. The van der Waals surface area contributed by atoms with Crippen molar-refractivity contribution in [2.75, 3.05) is 18.8 Å². The number of hydrogen-bond donors (Lipinski definition) is 2. The van der Waals surface area contributed by atoms with Gasteiger partial charge in [-0.1, -0.05) is 18.5 Å². The first kappa shape index (κ1) is 21.8. The van der Waals surface area contributed by atoms with Gasteiger partial charge in [0.2, 0.25) is 15.9 Å². The molecule has 2 rings (SSSR count). The molecule has 1 saturated heterocycles. The summed E-state index contributed by atoms with van der Waals surface area (Å²) in [5.41, 5.74) is 2.02. The number of benzene rings is 1. The molecule has 1 heterocycles. The van der Waals surface area contributed by atoms with Crippen molar-refractivity contribution in [3.63, 3.8) is 0 Å². The summed E-state index contributed by atoms with van der Waals surface area (Å²) < 4.78 is 26.7. The number of rotatable bonds is 8. The predicted molar refractivity (Wildman–Crippen MR) is 102 cm³/mol. The Balaban J connectivity index is 2.04. The van der Waals surface area contributed by atoms with E-state index in [1.54, 1.807) is 31.2 Å². The average Bonchev–Trinajstić information content (AvgIpc) is 2.72. The van der Waals surface area contributed by atoms with Crippen LogP contribution in [0.4, 0.5) is 0 Å². The van der Waals surface area contributed by atoms with Crippen molar-refractivity contribution >= 4 is 22.1 Å². The lowest BCUT2D eigenvalue weighted by molar-refractivity contribution is -0.133. The summed E-state index contributed by atoms with van der Waals surface area (Å²) in [6.45, 7) is 2.51. The number of amides is 1. The normalized spacial score (nSPS) is 17.6. The van der Waals surface area contributed by atoms with Gasteiger partial charge in [0.25, 0.3) is 0 Å². The van der Waals surface area contributed by atoms with Crippen molar-refractivity contribution in [2.45, 2.75) is 26.2 Å². The Morgan fingerprint density at radius 1 is 1.36 bits per heavy atom. The molecule has 0 saturated carbocycles. The van der Waals surface area contributed by atoms with Crippen molar-refractivity contribution in [2.24, 2.45) is 17.0 Å². The lowest BCUT2D eigenvalue weighted by Crippen LogP contribution is -2.44. The third-order valence-corrected chi connectivity index (χ3v) is 6.55. The number of piperidine rings is 1. The molecule has 1 aliphatic heterocycles. The van der Waals surface area contributed by atoms with Gasteiger partial charge in [-0.2, -0.15) is 5.26 Å². The van der Waals surface area contributed by atoms with Gasteiger partial charge in [-0.05, 0) is 37.1 Å². The average molecular weight is 408 g/mol. The third-order valence-electron chi connectivity index (χ3n) is 4.62. The van der Waals surface area contributed by atoms with E-state index in [4.69, 9.17) is 15.3 Å². The fraction of sp³-hybridized carbons (Fsp3) is 0.500. The Bertz CT molecular complexity index is 827. The van der Waals surface area contributed by atoms with Crippen LogP contribution in [-0.4, -0.2) is 48.9 Å². The lowest BCUT2D eigenvalue weighted by atomic mass is 9.96. The van der Waals surface area contributed by atoms with Crippen molar-refractivity contribution < 1.29 is 23.3 Å². The minimum atomic E-state index is -3.64. The summed E-state index contributed by atoms with van der Waals surface area (Å²) in [6.07, 6.45) is 3.91. The van der Waals surface area contributed by atoms with Gasteiger partial charge in [0.1, 0.15) is 0 Å². The van der Waals surface area contributed by atoms with Crippen LogP contribution in [0.15, 0.2) is 29.4 Å². The highest BCUT2D eigenvalue weighted by molar-refractivity contribution is 7.89. The fourth-order valence-electron chi connectivity index (χ4n) is 2.91. The van der Waals surface area contributed by atoms with Crippen molar-refractivity contribution in [3.8, 4) is 11.8 Å². The molecule has 1 aromatic carbocycles. The second-order valence-corrected chi connectivity index (χ2v) is 8.68. The molecule has 2 atom stereocenters. The van der Waals surface area contributed by atoms with E-state index in [1.165, 1.54) is 16.0 Å². The standard InChI is InChI=1S/C18H24N4O5S/c1-14(12-20-27-16-7-5-15(11-19)6-8-16)17(18(23)21-24)13-28(25,26)22-9-3-2-4-10-22/h5-8,12,14,17,24H,2-4,9-10,13H2,1H3,(H,21,23). The molecule has 152 valence electrons. The Kier molecular flexibility index (Phi) is 7.92. The summed E-state index contributed by atoms with van der Waals surface area (Å²) in [5, 5.41) is 21.6. The molecule has 1 fully saturated rings. The topological polar surface area (TPSA) is 132 Å². The highest BCUT2D eigenvalue weighted by atomic mass is 32.2. The van der Waals surface area contributed by atoms with E-state index in [1.807, 2.05) is 6.07 Å². The molecule has 0 radical (unpaired) electrons. The number of carbonyl (C=O) groups excluding carboxylic acids is 1. The minimum Gasteiger partial charge on any atom is -0.357 e. The molecule has 1 aromatic rings. The zero-order valence-corrected chi connectivity index (χ0v) is 16.4. The first-order valence-corrected chi connectivity index (χ1v) is 10.6. The molecule has 2 N–H and O–H groups in total. The van der Waals surface area contributed by atoms with E-state index >= 15 is 0 Å². The summed E-state index contributed by atoms with van der Waals surface area (Å²) in [6, 6.07) is 8.27. The van der Waals surface area contributed by atoms with Gasteiger partial charge >= 0.3 is 0 Å². The first-order chi connectivity index (χ1) is 13.4. The van der Waals surface area contributed by atoms with E-state index in [0.717, 1.165) is 19.3 Å². The molecule has 1 amide bonds. The molecule has 2 unspecified atom stereocenters. The smallest absolute Gasteiger partial charge is 0.248 e. The van der Waals surface area contributed by atoms with Crippen molar-refractivity contribution in [1.82, 2.24) is 9.79 Å². The van der Waals surface area contributed by atoms with Gasteiger partial charge in [0, 0.05) is 25.2 Å². The van der Waals surface area contributed by atoms with E-state index in [9.17, 15) is 13.2 Å². The van der Waals surface area contributed by atoms with Crippen LogP contribution in [0, 0.1) is 23.2 Å². The molecule has 10 heteroatoms. The van der Waals surface area contributed by atoms with Crippen LogP contribution in [0.5, 0.6) is 5.75 Å². The number of nitriles is 1. The summed E-state index contributed by atoms with van der Waals surface area (Å²) in [5.74, 6) is -2.46. The molecule has 0 aromatic heterocycles. The maximum atomic E-state index is 12.6. The molecule has 9 nitrogen and oxygen atoms in total. The van der Waals surface area contributed by atoms with E-state index in [-0.39, 0.29) is 0 Å². The van der Waals surface area contributed by atoms with E-state index in [2.05, 4.69) is 5.16 Å². The minimum absolute atomic E-state index is 0.395. The number of nitrogens with zero attached hydrogens (tertiary/aromatic N) is 3. The molecule has 1 aliphatic rings. The van der Waals surface area contributed by atoms with E-state index in [0.29, 0.717) is 24.4 Å². The third kappa shape index (κ3) is 6.02. The van der Waals surface area contributed by atoms with Crippen molar-refractivity contribution in [3.05, 3.63) is 29.8 Å². The molecular weight excluding hydrogens is 384 g/mol. The highest BCUT2D eigenvalue weighted by Gasteiger charge is 2.33. The number of nitrogens with one attached hydrogen (secondary N) is 1. The van der Waals surface area contributed by atoms with Gasteiger partial charge in [-0.3, -0.25) is 10.0 Å². The number of sulfonamides is 1. The second kappa shape index (κ2) is 10.2. The molecule has 0 aliphatic carbocycles. The number of carbonyl (C=O) groups is 1. The van der Waals surface area contributed by atoms with Gasteiger partial charge in [-0.15, -0.1) is 0 Å². The summed E-state index contributed by atoms with van der Waals surface area (Å²) in [4.78, 5) is 17.2. The van der Waals surface area contributed by atoms with Crippen LogP contribution in [0.3, 0.4) is 0 Å². The van der Waals surface area contributed by atoms with Crippen LogP contribution < -0.4 is 10.3 Å². The number of hydroxylamine groups is 1. The Morgan fingerprint density at radius 3 is 2.57 bits per heavy atom. The van der Waals surface area contributed by atoms with Crippen LogP contribution in [0.25, 0.3) is 0 Å². The van der Waals surface area contributed by atoms with Gasteiger partial charge < -0.3 is 4.84 Å². The second-order valence-electron chi connectivity index (χ2n) is 6.66. The Labute approximate surface area is 164 Å². The SMILES string of the molecule is CC(C=NOc1ccc(C#N)cc1)C(CS(=O)(=O)N1CCCCC1)C(=O)NO. The number of hydrogen-bond acceptors (Lipinski definition) is 7. The number of oxime groups is 1. The predicted octanol–water partition coefficient (Wildman–Crippen LogP) is 1.50. The zero-order valence-electron chi connectivity index (χ0n) is 15.6. The molecule has 0 bridgehead atoms. The largest absolute Gasteiger partial charge is 0.357 e. The van der Waals surface area contributed by atoms with Crippen LogP contribution >= 0.6 is 0 Å². The quantitative estimate of drug-likeness (QED) is 0.380. The van der Waals surface area contributed by atoms with Crippen LogP contribution in [-0.2, 0) is 14.8 Å². The molecule has 0 spiro atoms. The molecule has 28 heavy (non-hydrogen) atoms. The zero-order chi connectivity index (χ0) is 20.6. The molecular formula is C18H24N4O5S. The highest BCUT2D eigenvalue weighted by Crippen LogP contribution is 2.20. The van der Waals surface area contributed by atoms with Gasteiger partial charge in [0.15, 0.2) is 5.75 Å². The maximum Gasteiger partial charge on any atom is 0.248 e. The fourth-order valence-corrected chi connectivity index (χ4v) is 4.84. The van der Waals surface area contributed by atoms with Gasteiger partial charge in [-0.25, -0.2) is 18.2 Å². The van der Waals surface area contributed by atoms with Crippen LogP contribution in [0.1, 0.15) is 31.7 Å². The first-order valence-electron chi connectivity index (χ1n) is 9.00. The Morgan fingerprint density at radius 2 is 2.00 bits per heavy atom.